The van der Waals surface area contributed by atoms with Crippen LogP contribution in [0.1, 0.15) is 11.1 Å². The monoisotopic (exact) mass is 403 g/mol. The maximum Gasteiger partial charge on any atom is 0.526 e. The molecular formula is C18H16BrN2O4+. The molecule has 0 radical (unpaired) electrons. The van der Waals surface area contributed by atoms with Crippen molar-refractivity contribution in [2.24, 2.45) is 0 Å². The molecule has 1 unspecified atom stereocenters. The van der Waals surface area contributed by atoms with Crippen molar-refractivity contribution in [1.29, 1.82) is 0 Å². The minimum atomic E-state index is -0.683. The van der Waals surface area contributed by atoms with Gasteiger partial charge in [0.05, 0.1) is 12.6 Å². The first-order valence-electron chi connectivity index (χ1n) is 7.51. The third-order valence-corrected chi connectivity index (χ3v) is 4.56. The van der Waals surface area contributed by atoms with Gasteiger partial charge in [-0.25, -0.2) is 5.48 Å². The van der Waals surface area contributed by atoms with E-state index in [0.717, 1.165) is 10.0 Å². The Morgan fingerprint density at radius 1 is 1.20 bits per heavy atom. The molecule has 0 saturated carbocycles. The van der Waals surface area contributed by atoms with E-state index in [4.69, 9.17) is 9.94 Å². The Balaban J connectivity index is 1.93. The zero-order chi connectivity index (χ0) is 18.0. The Bertz CT molecular complexity index is 867. The van der Waals surface area contributed by atoms with Gasteiger partial charge in [-0.3, -0.25) is 10.0 Å². The number of ether oxygens (including phenoxy) is 1. The fraction of sp³-hybridized carbons (Fsp3) is 0.111. The molecule has 1 heterocycles. The number of rotatable bonds is 3. The molecule has 7 heteroatoms. The first-order chi connectivity index (χ1) is 12.0. The van der Waals surface area contributed by atoms with Gasteiger partial charge < -0.3 is 4.74 Å². The number of nitrogens with one attached hydrogen (secondary N) is 1. The molecule has 2 amide bonds. The molecule has 0 aliphatic carbocycles. The van der Waals surface area contributed by atoms with Crippen LogP contribution in [0.25, 0.3) is 5.57 Å². The van der Waals surface area contributed by atoms with Gasteiger partial charge in [-0.2, -0.15) is 9.28 Å². The van der Waals surface area contributed by atoms with E-state index in [0.29, 0.717) is 11.3 Å². The highest BCUT2D eigenvalue weighted by Gasteiger charge is 2.45. The van der Waals surface area contributed by atoms with E-state index >= 15 is 0 Å². The zero-order valence-electron chi connectivity index (χ0n) is 13.4. The molecule has 6 nitrogen and oxygen atoms in total. The minimum absolute atomic E-state index is 0.134. The molecule has 25 heavy (non-hydrogen) atoms. The SMILES string of the molecule is C[N+]1(C(=O)OCc2ccccc2)C=C(C(=O)NO)c2cc(Br)ccc21. The minimum Gasteiger partial charge on any atom is -0.415 e. The molecule has 2 N–H and O–H groups in total. The predicted octanol–water partition coefficient (Wildman–Crippen LogP) is 3.58. The van der Waals surface area contributed by atoms with Crippen molar-refractivity contribution in [2.45, 2.75) is 6.61 Å². The molecule has 2 aromatic carbocycles. The first kappa shape index (κ1) is 17.3. The fourth-order valence-corrected chi connectivity index (χ4v) is 3.13. The van der Waals surface area contributed by atoms with Crippen molar-refractivity contribution in [3.05, 3.63) is 70.3 Å². The van der Waals surface area contributed by atoms with Crippen LogP contribution in [0.5, 0.6) is 0 Å². The molecule has 2 aromatic rings. The van der Waals surface area contributed by atoms with Crippen LogP contribution in [0.4, 0.5) is 10.5 Å². The van der Waals surface area contributed by atoms with Crippen molar-refractivity contribution in [3.8, 4) is 0 Å². The maximum atomic E-state index is 12.7. The van der Waals surface area contributed by atoms with E-state index in [1.807, 2.05) is 30.3 Å². The second-order valence-corrected chi connectivity index (χ2v) is 6.68. The number of hydrogen-bond donors (Lipinski definition) is 2. The number of hydrogen-bond acceptors (Lipinski definition) is 4. The predicted molar refractivity (Wildman–Crippen MR) is 96.4 cm³/mol. The van der Waals surface area contributed by atoms with E-state index in [2.05, 4.69) is 15.9 Å². The normalized spacial score (nSPS) is 18.3. The molecule has 0 saturated heterocycles. The summed E-state index contributed by atoms with van der Waals surface area (Å²) in [6, 6.07) is 14.6. The largest absolute Gasteiger partial charge is 0.526 e. The number of halogens is 1. The number of carbonyl (C=O) groups excluding carboxylic acids is 2. The Morgan fingerprint density at radius 3 is 2.60 bits per heavy atom. The smallest absolute Gasteiger partial charge is 0.415 e. The van der Waals surface area contributed by atoms with Crippen LogP contribution in [0.15, 0.2) is 59.2 Å². The van der Waals surface area contributed by atoms with E-state index in [9.17, 15) is 9.59 Å². The summed E-state index contributed by atoms with van der Waals surface area (Å²) in [5.41, 5.74) is 3.85. The third kappa shape index (κ3) is 3.21. The lowest BCUT2D eigenvalue weighted by Crippen LogP contribution is -2.44. The van der Waals surface area contributed by atoms with Gasteiger partial charge in [0, 0.05) is 10.5 Å². The second kappa shape index (κ2) is 6.79. The molecule has 0 bridgehead atoms. The molecule has 128 valence electrons. The summed E-state index contributed by atoms with van der Waals surface area (Å²) in [6.45, 7) is 0.134. The highest BCUT2D eigenvalue weighted by Crippen LogP contribution is 2.41. The molecule has 1 aliphatic rings. The quantitative estimate of drug-likeness (QED) is 0.466. The van der Waals surface area contributed by atoms with Gasteiger partial charge >= 0.3 is 6.09 Å². The van der Waals surface area contributed by atoms with Crippen LogP contribution in [0, 0.1) is 0 Å². The van der Waals surface area contributed by atoms with Crippen molar-refractivity contribution in [3.63, 3.8) is 0 Å². The number of amides is 2. The van der Waals surface area contributed by atoms with Crippen LogP contribution in [-0.4, -0.2) is 24.3 Å². The van der Waals surface area contributed by atoms with E-state index in [1.165, 1.54) is 6.20 Å². The van der Waals surface area contributed by atoms with Gasteiger partial charge in [0.2, 0.25) is 0 Å². The third-order valence-electron chi connectivity index (χ3n) is 4.07. The van der Waals surface area contributed by atoms with E-state index < -0.39 is 12.0 Å². The van der Waals surface area contributed by atoms with Crippen molar-refractivity contribution >= 4 is 39.2 Å². The highest BCUT2D eigenvalue weighted by atomic mass is 79.9. The lowest BCUT2D eigenvalue weighted by molar-refractivity contribution is -0.123. The van der Waals surface area contributed by atoms with Crippen molar-refractivity contribution in [2.75, 3.05) is 7.05 Å². The molecule has 1 aliphatic heterocycles. The lowest BCUT2D eigenvalue weighted by Gasteiger charge is -2.23. The molecule has 0 aromatic heterocycles. The highest BCUT2D eigenvalue weighted by molar-refractivity contribution is 9.10. The second-order valence-electron chi connectivity index (χ2n) is 5.76. The zero-order valence-corrected chi connectivity index (χ0v) is 15.0. The standard InChI is InChI=1S/C18H15BrN2O4/c1-21(18(23)25-11-12-5-3-2-4-6-12)10-15(17(22)20-24)14-9-13(19)7-8-16(14)21/h2-10H,11H2,1H3,(H-,20,22,24)/p+1. The number of carbonyl (C=O) groups is 2. The van der Waals surface area contributed by atoms with Crippen LogP contribution in [-0.2, 0) is 16.1 Å². The molecule has 1 atom stereocenters. The van der Waals surface area contributed by atoms with Crippen LogP contribution in [0.2, 0.25) is 0 Å². The van der Waals surface area contributed by atoms with Gasteiger partial charge in [-0.1, -0.05) is 46.3 Å². The van der Waals surface area contributed by atoms with Gasteiger partial charge in [-0.15, -0.1) is 0 Å². The van der Waals surface area contributed by atoms with Gasteiger partial charge in [0.1, 0.15) is 18.4 Å². The summed E-state index contributed by atoms with van der Waals surface area (Å²) in [7, 11) is 1.64. The van der Waals surface area contributed by atoms with Gasteiger partial charge in [-0.05, 0) is 17.7 Å². The number of benzene rings is 2. The summed E-state index contributed by atoms with van der Waals surface area (Å²) in [6.07, 6.45) is 0.948. The van der Waals surface area contributed by atoms with Crippen LogP contribution >= 0.6 is 15.9 Å². The number of hydroxylamine groups is 1. The molecule has 0 spiro atoms. The summed E-state index contributed by atoms with van der Waals surface area (Å²) in [5.74, 6) is -0.683. The Hall–Kier alpha value is -2.48. The fourth-order valence-electron chi connectivity index (χ4n) is 2.77. The lowest BCUT2D eigenvalue weighted by atomic mass is 10.1. The topological polar surface area (TPSA) is 75.6 Å². The first-order valence-corrected chi connectivity index (χ1v) is 8.30. The molecule has 3 rings (SSSR count). The summed E-state index contributed by atoms with van der Waals surface area (Å²) < 4.78 is 5.88. The molecular weight excluding hydrogens is 388 g/mol. The van der Waals surface area contributed by atoms with Gasteiger partial charge in [0.25, 0.3) is 5.91 Å². The Morgan fingerprint density at radius 2 is 1.92 bits per heavy atom. The Labute approximate surface area is 153 Å². The summed E-state index contributed by atoms with van der Waals surface area (Å²) >= 11 is 3.35. The average molecular weight is 404 g/mol. The summed E-state index contributed by atoms with van der Waals surface area (Å²) in [4.78, 5) is 24.7. The van der Waals surface area contributed by atoms with Crippen LogP contribution in [0.3, 0.4) is 0 Å². The summed E-state index contributed by atoms with van der Waals surface area (Å²) in [5, 5.41) is 8.98. The van der Waals surface area contributed by atoms with Gasteiger partial charge in [0.15, 0.2) is 5.69 Å². The van der Waals surface area contributed by atoms with E-state index in [1.54, 1.807) is 30.7 Å². The molecule has 0 fully saturated rings. The number of quaternary nitrogens is 1. The van der Waals surface area contributed by atoms with Crippen LogP contribution < -0.4 is 9.96 Å². The maximum absolute atomic E-state index is 12.7. The van der Waals surface area contributed by atoms with Crippen molar-refractivity contribution < 1.29 is 19.5 Å². The van der Waals surface area contributed by atoms with E-state index in [-0.39, 0.29) is 16.7 Å². The number of fused-ring (bicyclic) bond motifs is 1. The van der Waals surface area contributed by atoms with Crippen molar-refractivity contribution in [1.82, 2.24) is 9.96 Å². The average Bonchev–Trinajstić information content (AvgIpc) is 2.93. The Kier molecular flexibility index (Phi) is 4.71. The number of nitrogens with zero attached hydrogens (tertiary/aromatic N) is 1.